The molecular weight excluding hydrogens is 352 g/mol. The highest BCUT2D eigenvalue weighted by Crippen LogP contribution is 2.32. The second-order valence-electron chi connectivity index (χ2n) is 4.52. The molecule has 0 aliphatic carbocycles. The quantitative estimate of drug-likeness (QED) is 0.649. The molecule has 2 heterocycles. The van der Waals surface area contributed by atoms with Gasteiger partial charge in [-0.05, 0) is 54.0 Å². The lowest BCUT2D eigenvalue weighted by Gasteiger charge is -2.15. The molecule has 0 saturated carbocycles. The van der Waals surface area contributed by atoms with Crippen LogP contribution in [0.5, 0.6) is 5.75 Å². The number of hydrogen-bond acceptors (Lipinski definition) is 6. The highest BCUT2D eigenvalue weighted by molar-refractivity contribution is 8.26. The van der Waals surface area contributed by atoms with Crippen LogP contribution < -0.4 is 5.43 Å². The topological polar surface area (TPSA) is 69.6 Å². The number of benzene rings is 1. The first-order chi connectivity index (χ1) is 11.0. The first-order valence-electron chi connectivity index (χ1n) is 6.46. The van der Waals surface area contributed by atoms with E-state index in [0.717, 1.165) is 21.6 Å². The Morgan fingerprint density at radius 2 is 2.00 bits per heavy atom. The Kier molecular flexibility index (Phi) is 4.46. The molecule has 1 saturated heterocycles. The molecule has 1 aromatic heterocycles. The van der Waals surface area contributed by atoms with Gasteiger partial charge in [0, 0.05) is 10.4 Å². The number of phenolic OH excluding ortho intramolecular Hbond substituents is 1. The highest BCUT2D eigenvalue weighted by atomic mass is 32.2. The van der Waals surface area contributed by atoms with E-state index in [2.05, 4.69) is 5.43 Å². The summed E-state index contributed by atoms with van der Waals surface area (Å²) in [5.74, 6) is -0.773. The average molecular weight is 362 g/mol. The molecule has 1 aromatic carbocycles. The van der Waals surface area contributed by atoms with E-state index in [0.29, 0.717) is 10.5 Å². The number of carbonyl (C=O) groups is 2. The van der Waals surface area contributed by atoms with Crippen molar-refractivity contribution in [3.8, 4) is 5.75 Å². The minimum absolute atomic E-state index is 0.0612. The van der Waals surface area contributed by atoms with Gasteiger partial charge in [0.15, 0.2) is 4.32 Å². The fraction of sp³-hybridized carbons (Fsp3) is 0. The molecule has 0 radical (unpaired) electrons. The van der Waals surface area contributed by atoms with Crippen LogP contribution in [0, 0.1) is 0 Å². The Hall–Kier alpha value is -2.16. The summed E-state index contributed by atoms with van der Waals surface area (Å²) in [5.41, 5.74) is 2.81. The maximum atomic E-state index is 12.4. The molecule has 0 spiro atoms. The van der Waals surface area contributed by atoms with Crippen LogP contribution >= 0.6 is 35.3 Å². The van der Waals surface area contributed by atoms with Crippen molar-refractivity contribution in [3.05, 3.63) is 57.1 Å². The summed E-state index contributed by atoms with van der Waals surface area (Å²) in [7, 11) is 0. The zero-order valence-electron chi connectivity index (χ0n) is 11.6. The monoisotopic (exact) mass is 362 g/mol. The van der Waals surface area contributed by atoms with Gasteiger partial charge >= 0.3 is 0 Å². The van der Waals surface area contributed by atoms with Gasteiger partial charge in [0.1, 0.15) is 5.75 Å². The number of thioether (sulfide) groups is 1. The normalized spacial score (nSPS) is 16.2. The van der Waals surface area contributed by atoms with Gasteiger partial charge in [0.05, 0.1) is 4.91 Å². The van der Waals surface area contributed by atoms with Crippen molar-refractivity contribution in [2.75, 3.05) is 0 Å². The first-order valence-corrected chi connectivity index (χ1v) is 8.56. The lowest BCUT2D eigenvalue weighted by molar-refractivity contribution is -0.123. The van der Waals surface area contributed by atoms with Crippen molar-refractivity contribution in [1.29, 1.82) is 0 Å². The van der Waals surface area contributed by atoms with Crippen LogP contribution in [-0.2, 0) is 4.79 Å². The summed E-state index contributed by atoms with van der Waals surface area (Å²) in [4.78, 5) is 25.9. The molecule has 1 fully saturated rings. The van der Waals surface area contributed by atoms with E-state index in [-0.39, 0.29) is 16.0 Å². The van der Waals surface area contributed by atoms with Gasteiger partial charge in [-0.25, -0.2) is 0 Å². The molecule has 0 atom stereocenters. The van der Waals surface area contributed by atoms with Crippen molar-refractivity contribution < 1.29 is 14.7 Å². The van der Waals surface area contributed by atoms with Gasteiger partial charge in [-0.2, -0.15) is 5.01 Å². The fourth-order valence-corrected chi connectivity index (χ4v) is 3.75. The van der Waals surface area contributed by atoms with Crippen LogP contribution in [0.1, 0.15) is 15.2 Å². The van der Waals surface area contributed by atoms with Crippen molar-refractivity contribution in [2.24, 2.45) is 0 Å². The lowest BCUT2D eigenvalue weighted by Crippen LogP contribution is -2.44. The van der Waals surface area contributed by atoms with E-state index in [1.54, 1.807) is 6.08 Å². The number of aromatic hydroxyl groups is 1. The third-order valence-corrected chi connectivity index (χ3v) is 5.07. The maximum Gasteiger partial charge on any atom is 0.285 e. The standard InChI is InChI=1S/C15H10N2O3S3/c18-10-5-3-9(4-6-10)13(19)16-17-14(20)12(23-15(17)21)8-11-2-1-7-22-11/h1-8,18H,(H,16,19)/b12-8-. The van der Waals surface area contributed by atoms with Crippen LogP contribution in [0.25, 0.3) is 6.08 Å². The molecule has 2 N–H and O–H groups in total. The van der Waals surface area contributed by atoms with E-state index < -0.39 is 5.91 Å². The average Bonchev–Trinajstić information content (AvgIpc) is 3.12. The highest BCUT2D eigenvalue weighted by Gasteiger charge is 2.33. The molecule has 116 valence electrons. The summed E-state index contributed by atoms with van der Waals surface area (Å²) in [6.07, 6.45) is 1.75. The molecule has 2 amide bonds. The van der Waals surface area contributed by atoms with Gasteiger partial charge in [-0.3, -0.25) is 15.0 Å². The number of carbonyl (C=O) groups excluding carboxylic acids is 2. The summed E-state index contributed by atoms with van der Waals surface area (Å²) in [6, 6.07) is 9.51. The van der Waals surface area contributed by atoms with Crippen molar-refractivity contribution >= 4 is 57.5 Å². The third kappa shape index (κ3) is 3.44. The van der Waals surface area contributed by atoms with Gasteiger partial charge in [-0.15, -0.1) is 11.3 Å². The Labute approximate surface area is 145 Å². The number of nitrogens with zero attached hydrogens (tertiary/aromatic N) is 1. The third-order valence-electron chi connectivity index (χ3n) is 2.95. The molecule has 5 nitrogen and oxygen atoms in total. The van der Waals surface area contributed by atoms with Gasteiger partial charge in [0.2, 0.25) is 0 Å². The van der Waals surface area contributed by atoms with Crippen LogP contribution in [0.4, 0.5) is 0 Å². The first kappa shape index (κ1) is 15.7. The summed E-state index contributed by atoms with van der Waals surface area (Å²) in [6.45, 7) is 0. The largest absolute Gasteiger partial charge is 0.508 e. The molecule has 0 bridgehead atoms. The van der Waals surface area contributed by atoms with Gasteiger partial charge in [-0.1, -0.05) is 17.8 Å². The zero-order chi connectivity index (χ0) is 16.4. The Morgan fingerprint density at radius 1 is 1.26 bits per heavy atom. The molecule has 1 aliphatic heterocycles. The number of nitrogens with one attached hydrogen (secondary N) is 1. The molecule has 1 aliphatic rings. The van der Waals surface area contributed by atoms with E-state index in [9.17, 15) is 14.7 Å². The van der Waals surface area contributed by atoms with E-state index in [1.165, 1.54) is 35.6 Å². The summed E-state index contributed by atoms with van der Waals surface area (Å²) >= 11 is 7.81. The number of amides is 2. The number of thiocarbonyl (C=S) groups is 1. The minimum atomic E-state index is -0.473. The second-order valence-corrected chi connectivity index (χ2v) is 7.18. The number of phenols is 1. The predicted molar refractivity (Wildman–Crippen MR) is 94.9 cm³/mol. The van der Waals surface area contributed by atoms with Crippen LogP contribution in [0.2, 0.25) is 0 Å². The van der Waals surface area contributed by atoms with Crippen LogP contribution in [0.15, 0.2) is 46.7 Å². The van der Waals surface area contributed by atoms with Crippen molar-refractivity contribution in [1.82, 2.24) is 10.4 Å². The minimum Gasteiger partial charge on any atom is -0.508 e. The Morgan fingerprint density at radius 3 is 2.65 bits per heavy atom. The SMILES string of the molecule is O=C(NN1C(=O)/C(=C/c2cccs2)SC1=S)c1ccc(O)cc1. The molecule has 23 heavy (non-hydrogen) atoms. The second kappa shape index (κ2) is 6.53. The van der Waals surface area contributed by atoms with Crippen molar-refractivity contribution in [3.63, 3.8) is 0 Å². The number of thiophene rings is 1. The fourth-order valence-electron chi connectivity index (χ4n) is 1.85. The van der Waals surface area contributed by atoms with Crippen molar-refractivity contribution in [2.45, 2.75) is 0 Å². The molecule has 3 rings (SSSR count). The van der Waals surface area contributed by atoms with Crippen LogP contribution in [-0.4, -0.2) is 26.3 Å². The van der Waals surface area contributed by atoms with Crippen LogP contribution in [0.3, 0.4) is 0 Å². The molecule has 8 heteroatoms. The number of rotatable bonds is 3. The van der Waals surface area contributed by atoms with Gasteiger partial charge < -0.3 is 5.11 Å². The zero-order valence-corrected chi connectivity index (χ0v) is 14.0. The molecular formula is C15H10N2O3S3. The Bertz CT molecular complexity index is 798. The summed E-state index contributed by atoms with van der Waals surface area (Å²) in [5, 5.41) is 12.2. The van der Waals surface area contributed by atoms with Gasteiger partial charge in [0.25, 0.3) is 11.8 Å². The Balaban J connectivity index is 1.75. The predicted octanol–water partition coefficient (Wildman–Crippen LogP) is 3.00. The maximum absolute atomic E-state index is 12.4. The number of hydrogen-bond donors (Lipinski definition) is 2. The summed E-state index contributed by atoms with van der Waals surface area (Å²) < 4.78 is 0.268. The van der Waals surface area contributed by atoms with E-state index >= 15 is 0 Å². The molecule has 0 unspecified atom stereocenters. The van der Waals surface area contributed by atoms with E-state index in [4.69, 9.17) is 12.2 Å². The van der Waals surface area contributed by atoms with E-state index in [1.807, 2.05) is 17.5 Å². The molecule has 2 aromatic rings. The smallest absolute Gasteiger partial charge is 0.285 e. The lowest BCUT2D eigenvalue weighted by atomic mass is 10.2. The number of hydrazine groups is 1.